The fourth-order valence-electron chi connectivity index (χ4n) is 2.00. The number of imidazole rings is 1. The van der Waals surface area contributed by atoms with Crippen LogP contribution in [0.5, 0.6) is 5.88 Å². The number of nitrogens with zero attached hydrogens (tertiary/aromatic N) is 2. The zero-order chi connectivity index (χ0) is 13.0. The molecule has 1 atom stereocenters. The molecule has 1 unspecified atom stereocenters. The maximum Gasteiger partial charge on any atom is 0.243 e. The first-order valence-corrected chi connectivity index (χ1v) is 6.31. The summed E-state index contributed by atoms with van der Waals surface area (Å²) in [6.07, 6.45) is 4.86. The molecule has 0 aliphatic rings. The van der Waals surface area contributed by atoms with E-state index in [4.69, 9.17) is 4.74 Å². The van der Waals surface area contributed by atoms with Crippen LogP contribution in [0.15, 0.2) is 24.4 Å². The van der Waals surface area contributed by atoms with Gasteiger partial charge in [-0.05, 0) is 24.5 Å². The van der Waals surface area contributed by atoms with Crippen LogP contribution >= 0.6 is 0 Å². The summed E-state index contributed by atoms with van der Waals surface area (Å²) in [4.78, 5) is 15.5. The third-order valence-electron chi connectivity index (χ3n) is 2.93. The normalized spacial score (nSPS) is 12.6. The summed E-state index contributed by atoms with van der Waals surface area (Å²) in [5.74, 6) is 0.901. The summed E-state index contributed by atoms with van der Waals surface area (Å²) in [5, 5.41) is 0. The van der Waals surface area contributed by atoms with E-state index in [1.807, 2.05) is 24.4 Å². The molecule has 18 heavy (non-hydrogen) atoms. The van der Waals surface area contributed by atoms with E-state index in [0.29, 0.717) is 24.1 Å². The second-order valence-corrected chi connectivity index (χ2v) is 4.55. The fraction of sp³-hybridized carbons (Fsp3) is 0.429. The highest BCUT2D eigenvalue weighted by Crippen LogP contribution is 2.19. The molecule has 0 saturated heterocycles. The third-order valence-corrected chi connectivity index (χ3v) is 2.93. The van der Waals surface area contributed by atoms with Gasteiger partial charge in [-0.1, -0.05) is 26.3 Å². The number of fused-ring (bicyclic) bond motifs is 1. The van der Waals surface area contributed by atoms with E-state index in [9.17, 15) is 4.79 Å². The van der Waals surface area contributed by atoms with Gasteiger partial charge < -0.3 is 4.74 Å². The van der Waals surface area contributed by atoms with Gasteiger partial charge in [-0.2, -0.15) is 4.98 Å². The van der Waals surface area contributed by atoms with Gasteiger partial charge in [0.1, 0.15) is 11.3 Å². The van der Waals surface area contributed by atoms with Crippen LogP contribution in [0.2, 0.25) is 0 Å². The van der Waals surface area contributed by atoms with Crippen LogP contribution in [-0.4, -0.2) is 22.3 Å². The lowest BCUT2D eigenvalue weighted by molar-refractivity contribution is 0.111. The number of carbonyl (C=O) groups is 1. The van der Waals surface area contributed by atoms with Crippen LogP contribution in [0.1, 0.15) is 37.2 Å². The van der Waals surface area contributed by atoms with Gasteiger partial charge in [0.05, 0.1) is 6.61 Å². The molecule has 0 spiro atoms. The SMILES string of the molecule is CCCC(C)COc1nc2ccccn2c1C=O. The maximum atomic E-state index is 11.1. The molecule has 0 saturated carbocycles. The molecule has 0 bridgehead atoms. The molecule has 2 rings (SSSR count). The first-order chi connectivity index (χ1) is 8.76. The van der Waals surface area contributed by atoms with Crippen molar-refractivity contribution in [1.29, 1.82) is 0 Å². The third kappa shape index (κ3) is 2.53. The van der Waals surface area contributed by atoms with Gasteiger partial charge in [-0.15, -0.1) is 0 Å². The molecule has 4 heteroatoms. The van der Waals surface area contributed by atoms with Crippen LogP contribution in [0.25, 0.3) is 5.65 Å². The largest absolute Gasteiger partial charge is 0.476 e. The van der Waals surface area contributed by atoms with Crippen molar-refractivity contribution < 1.29 is 9.53 Å². The molecule has 2 heterocycles. The second kappa shape index (κ2) is 5.67. The molecule has 4 nitrogen and oxygen atoms in total. The lowest BCUT2D eigenvalue weighted by Crippen LogP contribution is -2.09. The number of aromatic nitrogens is 2. The molecule has 0 aliphatic heterocycles. The lowest BCUT2D eigenvalue weighted by Gasteiger charge is -2.10. The Morgan fingerprint density at radius 3 is 3.06 bits per heavy atom. The zero-order valence-electron chi connectivity index (χ0n) is 10.8. The molecule has 96 valence electrons. The van der Waals surface area contributed by atoms with Crippen molar-refractivity contribution in [1.82, 2.24) is 9.38 Å². The highest BCUT2D eigenvalue weighted by molar-refractivity contribution is 5.78. The van der Waals surface area contributed by atoms with E-state index in [0.717, 1.165) is 24.8 Å². The van der Waals surface area contributed by atoms with Crippen molar-refractivity contribution in [2.24, 2.45) is 5.92 Å². The minimum absolute atomic E-state index is 0.430. The number of carbonyl (C=O) groups excluding carboxylic acids is 1. The van der Waals surface area contributed by atoms with E-state index < -0.39 is 0 Å². The predicted molar refractivity (Wildman–Crippen MR) is 70.1 cm³/mol. The number of rotatable bonds is 6. The molecule has 0 N–H and O–H groups in total. The summed E-state index contributed by atoms with van der Waals surface area (Å²) >= 11 is 0. The lowest BCUT2D eigenvalue weighted by atomic mass is 10.1. The molecule has 2 aromatic rings. The van der Waals surface area contributed by atoms with Crippen molar-refractivity contribution in [2.45, 2.75) is 26.7 Å². The number of aldehydes is 1. The monoisotopic (exact) mass is 246 g/mol. The molecule has 0 fully saturated rings. The van der Waals surface area contributed by atoms with E-state index in [2.05, 4.69) is 18.8 Å². The van der Waals surface area contributed by atoms with E-state index in [-0.39, 0.29) is 0 Å². The molecular weight excluding hydrogens is 228 g/mol. The Kier molecular flexibility index (Phi) is 3.97. The highest BCUT2D eigenvalue weighted by atomic mass is 16.5. The number of hydrogen-bond acceptors (Lipinski definition) is 3. The molecule has 0 aromatic carbocycles. The Bertz CT molecular complexity index is 534. The molecule has 0 aliphatic carbocycles. The van der Waals surface area contributed by atoms with Crippen molar-refractivity contribution in [3.05, 3.63) is 30.1 Å². The molecule has 0 amide bonds. The Balaban J connectivity index is 2.19. The number of pyridine rings is 1. The second-order valence-electron chi connectivity index (χ2n) is 4.55. The Hall–Kier alpha value is -1.84. The Morgan fingerprint density at radius 1 is 1.50 bits per heavy atom. The minimum Gasteiger partial charge on any atom is -0.476 e. The van der Waals surface area contributed by atoms with Crippen molar-refractivity contribution in [3.63, 3.8) is 0 Å². The van der Waals surface area contributed by atoms with Gasteiger partial charge in [-0.25, -0.2) is 0 Å². The summed E-state index contributed by atoms with van der Waals surface area (Å²) in [5.41, 5.74) is 1.21. The van der Waals surface area contributed by atoms with E-state index in [1.54, 1.807) is 4.40 Å². The van der Waals surface area contributed by atoms with Gasteiger partial charge in [0.2, 0.25) is 5.88 Å². The summed E-state index contributed by atoms with van der Waals surface area (Å²) in [7, 11) is 0. The van der Waals surface area contributed by atoms with Gasteiger partial charge >= 0.3 is 0 Å². The summed E-state index contributed by atoms with van der Waals surface area (Å²) < 4.78 is 7.41. The number of ether oxygens (including phenoxy) is 1. The van der Waals surface area contributed by atoms with Gasteiger partial charge in [-0.3, -0.25) is 9.20 Å². The Morgan fingerprint density at radius 2 is 2.33 bits per heavy atom. The standard InChI is InChI=1S/C14H18N2O2/c1-3-6-11(2)10-18-14-12(9-17)16-8-5-4-7-13(16)15-14/h4-5,7-9,11H,3,6,10H2,1-2H3. The zero-order valence-corrected chi connectivity index (χ0v) is 10.8. The predicted octanol–water partition coefficient (Wildman–Crippen LogP) is 2.96. The van der Waals surface area contributed by atoms with Crippen LogP contribution in [0.3, 0.4) is 0 Å². The molecular formula is C14H18N2O2. The number of hydrogen-bond donors (Lipinski definition) is 0. The van der Waals surface area contributed by atoms with Gasteiger partial charge in [0.15, 0.2) is 6.29 Å². The molecule has 0 radical (unpaired) electrons. The summed E-state index contributed by atoms with van der Waals surface area (Å²) in [6.45, 7) is 4.89. The topological polar surface area (TPSA) is 43.6 Å². The Labute approximate surface area is 107 Å². The van der Waals surface area contributed by atoms with E-state index >= 15 is 0 Å². The van der Waals surface area contributed by atoms with E-state index in [1.165, 1.54) is 0 Å². The van der Waals surface area contributed by atoms with Gasteiger partial charge in [0, 0.05) is 6.20 Å². The first-order valence-electron chi connectivity index (χ1n) is 6.31. The van der Waals surface area contributed by atoms with Crippen molar-refractivity contribution in [2.75, 3.05) is 6.61 Å². The quantitative estimate of drug-likeness (QED) is 0.736. The minimum atomic E-state index is 0.430. The van der Waals surface area contributed by atoms with Crippen LogP contribution in [0.4, 0.5) is 0 Å². The van der Waals surface area contributed by atoms with Crippen LogP contribution < -0.4 is 4.74 Å². The smallest absolute Gasteiger partial charge is 0.243 e. The van der Waals surface area contributed by atoms with Crippen molar-refractivity contribution >= 4 is 11.9 Å². The summed E-state index contributed by atoms with van der Waals surface area (Å²) in [6, 6.07) is 5.61. The van der Waals surface area contributed by atoms with Crippen LogP contribution in [-0.2, 0) is 0 Å². The van der Waals surface area contributed by atoms with Gasteiger partial charge in [0.25, 0.3) is 0 Å². The average molecular weight is 246 g/mol. The highest BCUT2D eigenvalue weighted by Gasteiger charge is 2.13. The average Bonchev–Trinajstić information content (AvgIpc) is 2.74. The fourth-order valence-corrected chi connectivity index (χ4v) is 2.00. The van der Waals surface area contributed by atoms with Crippen molar-refractivity contribution in [3.8, 4) is 5.88 Å². The maximum absolute atomic E-state index is 11.1. The first kappa shape index (κ1) is 12.6. The molecule has 2 aromatic heterocycles. The van der Waals surface area contributed by atoms with Crippen LogP contribution in [0, 0.1) is 5.92 Å².